The molecule has 2 bridgehead atoms. The number of nitrogens with zero attached hydrogens (tertiary/aromatic N) is 2. The summed E-state index contributed by atoms with van der Waals surface area (Å²) >= 11 is 0. The van der Waals surface area contributed by atoms with Gasteiger partial charge in [0.2, 0.25) is 21.8 Å². The summed E-state index contributed by atoms with van der Waals surface area (Å²) in [5, 5.41) is 5.88. The Balaban J connectivity index is 1.23. The van der Waals surface area contributed by atoms with Crippen molar-refractivity contribution in [3.63, 3.8) is 0 Å². The van der Waals surface area contributed by atoms with Crippen molar-refractivity contribution in [1.29, 1.82) is 0 Å². The largest absolute Gasteiger partial charge is 0.497 e. The first-order valence-electron chi connectivity index (χ1n) is 20.0. The Kier molecular flexibility index (Phi) is 11.0. The van der Waals surface area contributed by atoms with E-state index in [1.54, 1.807) is 7.11 Å². The predicted octanol–water partition coefficient (Wildman–Crippen LogP) is 4.69. The molecule has 3 aliphatic carbocycles. The molecule has 3 heterocycles. The standard InChI is InChI=1S/C41H55N5O9S/c1-6-26-22-41(26,38(49)45-56(51,52)29-16-17-29)44-36(47)32-21-28-23-46(32)37(48)35(40(2,3)4)43-39(50)55-33-14-10-12-24(33)11-8-7-9-13-31-34(54-28)20-25-19-27(53-5)15-18-30(25)42-31/h6,15,18-20,24,26,28-29,32-33,35H,1,7-14,16-17,21-23H2,2-5H3,(H,43,50)(H,44,47)(H,45,49)/t24-,26?,28-,32+,33-,35-,41-/m1/s1. The number of hydrogen-bond acceptors (Lipinski definition) is 10. The molecule has 7 rings (SSSR count). The molecular weight excluding hydrogens is 739 g/mol. The number of methoxy groups -OCH3 is 1. The summed E-state index contributed by atoms with van der Waals surface area (Å²) < 4.78 is 45.9. The Hall–Kier alpha value is -4.40. The number of carbonyl (C=O) groups is 4. The van der Waals surface area contributed by atoms with Crippen LogP contribution in [0, 0.1) is 17.3 Å². The molecule has 304 valence electrons. The van der Waals surface area contributed by atoms with E-state index in [0.717, 1.165) is 61.5 Å². The molecule has 15 heteroatoms. The van der Waals surface area contributed by atoms with E-state index in [1.165, 1.54) is 11.0 Å². The number of nitrogens with one attached hydrogen (secondary N) is 3. The van der Waals surface area contributed by atoms with Crippen LogP contribution in [0.25, 0.3) is 10.9 Å². The first-order chi connectivity index (χ1) is 26.6. The van der Waals surface area contributed by atoms with Crippen LogP contribution in [0.4, 0.5) is 4.79 Å². The number of rotatable bonds is 7. The second-order valence-electron chi connectivity index (χ2n) is 17.3. The van der Waals surface area contributed by atoms with E-state index < -0.39 is 74.1 Å². The maximum atomic E-state index is 14.7. The molecule has 56 heavy (non-hydrogen) atoms. The summed E-state index contributed by atoms with van der Waals surface area (Å²) in [5.41, 5.74) is -0.767. The molecule has 0 radical (unpaired) electrons. The van der Waals surface area contributed by atoms with Crippen LogP contribution in [0.3, 0.4) is 0 Å². The lowest BCUT2D eigenvalue weighted by atomic mass is 9.85. The van der Waals surface area contributed by atoms with Gasteiger partial charge in [-0.3, -0.25) is 19.1 Å². The van der Waals surface area contributed by atoms with Crippen molar-refractivity contribution < 1.29 is 41.8 Å². The summed E-state index contributed by atoms with van der Waals surface area (Å²) in [6, 6.07) is 5.39. The topological polar surface area (TPSA) is 182 Å². The Morgan fingerprint density at radius 3 is 2.52 bits per heavy atom. The number of sulfonamides is 1. The molecule has 4 amide bonds. The van der Waals surface area contributed by atoms with Gasteiger partial charge in [0.15, 0.2) is 0 Å². The molecular formula is C41H55N5O9S. The molecule has 2 aliphatic heterocycles. The van der Waals surface area contributed by atoms with Crippen molar-refractivity contribution in [3.05, 3.63) is 42.6 Å². The molecule has 1 aromatic heterocycles. The van der Waals surface area contributed by atoms with E-state index >= 15 is 0 Å². The zero-order valence-electron chi connectivity index (χ0n) is 32.8. The Morgan fingerprint density at radius 2 is 1.82 bits per heavy atom. The molecule has 2 aromatic rings. The van der Waals surface area contributed by atoms with E-state index in [2.05, 4.69) is 21.9 Å². The summed E-state index contributed by atoms with van der Waals surface area (Å²) in [6.45, 7) is 9.30. The fraction of sp³-hybridized carbons (Fsp3) is 0.634. The third kappa shape index (κ3) is 8.33. The third-order valence-electron chi connectivity index (χ3n) is 12.2. The number of benzene rings is 1. The fourth-order valence-corrected chi connectivity index (χ4v) is 9.99. The predicted molar refractivity (Wildman–Crippen MR) is 208 cm³/mol. The highest BCUT2D eigenvalue weighted by Crippen LogP contribution is 2.46. The van der Waals surface area contributed by atoms with Crippen molar-refractivity contribution in [2.45, 2.75) is 133 Å². The van der Waals surface area contributed by atoms with E-state index in [-0.39, 0.29) is 31.4 Å². The van der Waals surface area contributed by atoms with Crippen LogP contribution in [-0.4, -0.2) is 90.9 Å². The van der Waals surface area contributed by atoms with Gasteiger partial charge in [-0.25, -0.2) is 18.2 Å². The highest BCUT2D eigenvalue weighted by molar-refractivity contribution is 7.91. The van der Waals surface area contributed by atoms with E-state index in [0.29, 0.717) is 30.8 Å². The molecule has 0 spiro atoms. The average Bonchev–Trinajstić information content (AvgIpc) is 4.04. The number of aryl methyl sites for hydroxylation is 1. The highest BCUT2D eigenvalue weighted by atomic mass is 32.2. The number of carbonyl (C=O) groups excluding carboxylic acids is 4. The Morgan fingerprint density at radius 1 is 1.05 bits per heavy atom. The Labute approximate surface area is 328 Å². The summed E-state index contributed by atoms with van der Waals surface area (Å²) in [6.07, 6.45) is 8.15. The average molecular weight is 794 g/mol. The first-order valence-corrected chi connectivity index (χ1v) is 21.6. The van der Waals surface area contributed by atoms with Crippen molar-refractivity contribution in [2.75, 3.05) is 13.7 Å². The molecule has 3 saturated carbocycles. The van der Waals surface area contributed by atoms with Gasteiger partial charge in [0.25, 0.3) is 5.91 Å². The number of fused-ring (bicyclic) bond motifs is 5. The van der Waals surface area contributed by atoms with Crippen LogP contribution >= 0.6 is 0 Å². The van der Waals surface area contributed by atoms with Gasteiger partial charge in [-0.1, -0.05) is 39.7 Å². The highest BCUT2D eigenvalue weighted by Gasteiger charge is 2.62. The van der Waals surface area contributed by atoms with Crippen LogP contribution in [0.1, 0.15) is 97.1 Å². The molecule has 1 unspecified atom stereocenters. The van der Waals surface area contributed by atoms with Gasteiger partial charge in [0.05, 0.1) is 30.1 Å². The molecule has 1 aromatic carbocycles. The maximum absolute atomic E-state index is 14.7. The lowest BCUT2D eigenvalue weighted by Gasteiger charge is -2.35. The number of pyridine rings is 1. The zero-order valence-corrected chi connectivity index (χ0v) is 33.6. The number of ether oxygens (including phenoxy) is 3. The number of hydrogen-bond donors (Lipinski definition) is 3. The first kappa shape index (κ1) is 39.8. The molecule has 7 atom stereocenters. The summed E-state index contributed by atoms with van der Waals surface area (Å²) in [4.78, 5) is 62.7. The number of alkyl carbamates (subject to hydrolysis) is 1. The molecule has 14 nitrogen and oxygen atoms in total. The van der Waals surface area contributed by atoms with Gasteiger partial charge in [-0.15, -0.1) is 6.58 Å². The van der Waals surface area contributed by atoms with Gasteiger partial charge in [0.1, 0.15) is 41.3 Å². The van der Waals surface area contributed by atoms with Crippen LogP contribution in [0.15, 0.2) is 36.9 Å². The Bertz CT molecular complexity index is 2000. The number of aromatic nitrogens is 1. The minimum Gasteiger partial charge on any atom is -0.497 e. The van der Waals surface area contributed by atoms with Gasteiger partial charge < -0.3 is 29.7 Å². The lowest BCUT2D eigenvalue weighted by Crippen LogP contribution is -2.60. The normalized spacial score (nSPS) is 30.0. The lowest BCUT2D eigenvalue weighted by molar-refractivity contribution is -0.143. The minimum absolute atomic E-state index is 0.000652. The molecule has 5 aliphatic rings. The van der Waals surface area contributed by atoms with Crippen LogP contribution in [0.2, 0.25) is 0 Å². The molecule has 1 saturated heterocycles. The van der Waals surface area contributed by atoms with Gasteiger partial charge in [-0.2, -0.15) is 0 Å². The smallest absolute Gasteiger partial charge is 0.408 e. The second kappa shape index (κ2) is 15.5. The zero-order chi connectivity index (χ0) is 40.0. The number of amides is 4. The maximum Gasteiger partial charge on any atom is 0.408 e. The fourth-order valence-electron chi connectivity index (χ4n) is 8.62. The van der Waals surface area contributed by atoms with Gasteiger partial charge >= 0.3 is 6.09 Å². The van der Waals surface area contributed by atoms with E-state index in [9.17, 15) is 27.6 Å². The SMILES string of the molecule is C=CC1C[C@]1(NC(=O)[C@@H]1C[C@@H]2CN1C(=O)[C@H](C(C)(C)C)NC(=O)O[C@@H]1CCC[C@H]1CCCCCc1nc3ccc(OC)cc3cc1O2)C(=O)NS(=O)(=O)C1CC1. The van der Waals surface area contributed by atoms with Gasteiger partial charge in [-0.05, 0) is 93.4 Å². The van der Waals surface area contributed by atoms with E-state index in [1.807, 2.05) is 45.0 Å². The monoisotopic (exact) mass is 793 g/mol. The van der Waals surface area contributed by atoms with Crippen LogP contribution in [0.5, 0.6) is 11.5 Å². The molecule has 4 fully saturated rings. The van der Waals surface area contributed by atoms with Crippen LogP contribution in [-0.2, 0) is 35.6 Å². The second-order valence-corrected chi connectivity index (χ2v) is 19.3. The van der Waals surface area contributed by atoms with Gasteiger partial charge in [0, 0.05) is 17.7 Å². The third-order valence-corrected chi connectivity index (χ3v) is 14.0. The van der Waals surface area contributed by atoms with Crippen LogP contribution < -0.4 is 24.8 Å². The van der Waals surface area contributed by atoms with Crippen molar-refractivity contribution in [3.8, 4) is 11.5 Å². The summed E-state index contributed by atoms with van der Waals surface area (Å²) in [5.74, 6) is -1.03. The minimum atomic E-state index is -3.90. The van der Waals surface area contributed by atoms with E-state index in [4.69, 9.17) is 19.2 Å². The van der Waals surface area contributed by atoms with Crippen molar-refractivity contribution in [2.24, 2.45) is 17.3 Å². The summed E-state index contributed by atoms with van der Waals surface area (Å²) in [7, 11) is -2.30. The van der Waals surface area contributed by atoms with Crippen molar-refractivity contribution in [1.82, 2.24) is 25.2 Å². The molecule has 3 N–H and O–H groups in total. The quantitative estimate of drug-likeness (QED) is 0.333. The van der Waals surface area contributed by atoms with Crippen molar-refractivity contribution >= 4 is 44.7 Å².